The number of esters is 4. The Morgan fingerprint density at radius 3 is 0.747 bits per heavy atom. The molecule has 0 rings (SSSR count). The number of rotatable bonds is 73. The van der Waals surface area contributed by atoms with E-state index in [0.29, 0.717) is 31.6 Å². The molecule has 0 aromatic rings. The summed E-state index contributed by atoms with van der Waals surface area (Å²) in [7, 11) is -9.91. The second kappa shape index (κ2) is 65.4. The van der Waals surface area contributed by atoms with Crippen LogP contribution in [-0.2, 0) is 65.4 Å². The second-order valence-corrected chi connectivity index (χ2v) is 32.0. The van der Waals surface area contributed by atoms with Crippen LogP contribution in [0, 0.1) is 23.7 Å². The summed E-state index contributed by atoms with van der Waals surface area (Å²) in [6.07, 6.45) is 50.3. The number of hydrogen-bond donors (Lipinski definition) is 3. The molecular formula is C76H148O17P2. The molecule has 0 aromatic carbocycles. The lowest BCUT2D eigenvalue weighted by Crippen LogP contribution is -2.30. The van der Waals surface area contributed by atoms with Crippen molar-refractivity contribution < 1.29 is 80.2 Å². The molecule has 0 heterocycles. The van der Waals surface area contributed by atoms with Crippen LogP contribution in [0.2, 0.25) is 0 Å². The fourth-order valence-corrected chi connectivity index (χ4v) is 13.1. The van der Waals surface area contributed by atoms with E-state index in [1.165, 1.54) is 180 Å². The highest BCUT2D eigenvalue weighted by atomic mass is 31.2. The molecule has 0 amide bonds. The minimum absolute atomic E-state index is 0.102. The van der Waals surface area contributed by atoms with Crippen LogP contribution in [0.4, 0.5) is 0 Å². The summed E-state index contributed by atoms with van der Waals surface area (Å²) >= 11 is 0. The van der Waals surface area contributed by atoms with Crippen LogP contribution in [0.25, 0.3) is 0 Å². The Morgan fingerprint density at radius 2 is 0.505 bits per heavy atom. The third kappa shape index (κ3) is 69.0. The highest BCUT2D eigenvalue weighted by Crippen LogP contribution is 2.45. The molecule has 0 bridgehead atoms. The summed E-state index contributed by atoms with van der Waals surface area (Å²) in [5.41, 5.74) is 0. The van der Waals surface area contributed by atoms with Crippen LogP contribution < -0.4 is 0 Å². The monoisotopic (exact) mass is 1400 g/mol. The van der Waals surface area contributed by atoms with Crippen molar-refractivity contribution in [1.29, 1.82) is 0 Å². The predicted octanol–water partition coefficient (Wildman–Crippen LogP) is 22.0. The van der Waals surface area contributed by atoms with Crippen molar-refractivity contribution in [3.05, 3.63) is 0 Å². The summed E-state index contributed by atoms with van der Waals surface area (Å²) in [6.45, 7) is 14.1. The maximum absolute atomic E-state index is 13.1. The summed E-state index contributed by atoms with van der Waals surface area (Å²) < 4.78 is 68.4. The number of ether oxygens (including phenoxy) is 4. The molecule has 0 aromatic heterocycles. The Labute approximate surface area is 581 Å². The first-order valence-corrected chi connectivity index (χ1v) is 42.2. The number of aliphatic hydroxyl groups is 1. The van der Waals surface area contributed by atoms with Gasteiger partial charge in [0.15, 0.2) is 12.2 Å². The molecule has 3 N–H and O–H groups in total. The molecule has 19 heteroatoms. The molecule has 6 atom stereocenters. The average molecular weight is 1400 g/mol. The number of phosphoric ester groups is 2. The number of unbranched alkanes of at least 4 members (excludes halogenated alkanes) is 38. The van der Waals surface area contributed by atoms with Crippen molar-refractivity contribution in [2.24, 2.45) is 23.7 Å². The van der Waals surface area contributed by atoms with Crippen molar-refractivity contribution in [1.82, 2.24) is 0 Å². The lowest BCUT2D eigenvalue weighted by Gasteiger charge is -2.21. The highest BCUT2D eigenvalue weighted by Gasteiger charge is 2.30. The van der Waals surface area contributed by atoms with E-state index >= 15 is 0 Å². The van der Waals surface area contributed by atoms with Gasteiger partial charge in [0.05, 0.1) is 26.4 Å². The van der Waals surface area contributed by atoms with Gasteiger partial charge in [-0.2, -0.15) is 0 Å². The fourth-order valence-electron chi connectivity index (χ4n) is 11.5. The Balaban J connectivity index is 5.21. The Bertz CT molecular complexity index is 1870. The molecule has 0 saturated carbocycles. The van der Waals surface area contributed by atoms with E-state index in [1.807, 2.05) is 0 Å². The number of aliphatic hydroxyl groups excluding tert-OH is 1. The van der Waals surface area contributed by atoms with Gasteiger partial charge in [-0.15, -0.1) is 0 Å². The van der Waals surface area contributed by atoms with E-state index in [2.05, 4.69) is 55.4 Å². The van der Waals surface area contributed by atoms with Gasteiger partial charge in [-0.1, -0.05) is 331 Å². The lowest BCUT2D eigenvalue weighted by atomic mass is 10.00. The van der Waals surface area contributed by atoms with Gasteiger partial charge in [-0.25, -0.2) is 9.13 Å². The molecule has 0 aliphatic rings. The van der Waals surface area contributed by atoms with Crippen LogP contribution in [0.3, 0.4) is 0 Å². The molecule has 0 spiro atoms. The smallest absolute Gasteiger partial charge is 0.462 e. The van der Waals surface area contributed by atoms with Crippen molar-refractivity contribution in [3.8, 4) is 0 Å². The van der Waals surface area contributed by atoms with Crippen molar-refractivity contribution in [3.63, 3.8) is 0 Å². The van der Waals surface area contributed by atoms with E-state index in [1.54, 1.807) is 0 Å². The maximum Gasteiger partial charge on any atom is 0.472 e. The first-order valence-electron chi connectivity index (χ1n) is 39.2. The zero-order chi connectivity index (χ0) is 70.3. The average Bonchev–Trinajstić information content (AvgIpc) is 1.41. The number of hydrogen-bond acceptors (Lipinski definition) is 15. The second-order valence-electron chi connectivity index (χ2n) is 29.1. The Kier molecular flexibility index (Phi) is 64.0. The fraction of sp³-hybridized carbons (Fsp3) is 0.947. The maximum atomic E-state index is 13.1. The summed E-state index contributed by atoms with van der Waals surface area (Å²) in [6, 6.07) is 0. The number of carbonyl (C=O) groups excluding carboxylic acids is 4. The molecule has 17 nitrogen and oxygen atoms in total. The Hall–Kier alpha value is -1.94. The molecule has 0 fully saturated rings. The summed E-state index contributed by atoms with van der Waals surface area (Å²) in [4.78, 5) is 72.7. The van der Waals surface area contributed by atoms with Gasteiger partial charge >= 0.3 is 39.5 Å². The van der Waals surface area contributed by atoms with Gasteiger partial charge in [0.2, 0.25) is 0 Å². The zero-order valence-corrected chi connectivity index (χ0v) is 64.1. The van der Waals surface area contributed by atoms with Crippen LogP contribution >= 0.6 is 15.6 Å². The molecular weight excluding hydrogens is 1250 g/mol. The first kappa shape index (κ1) is 93.1. The van der Waals surface area contributed by atoms with Crippen molar-refractivity contribution >= 4 is 39.5 Å². The third-order valence-electron chi connectivity index (χ3n) is 17.9. The molecule has 0 saturated heterocycles. The highest BCUT2D eigenvalue weighted by molar-refractivity contribution is 7.47. The Morgan fingerprint density at radius 1 is 0.295 bits per heavy atom. The minimum atomic E-state index is -4.96. The van der Waals surface area contributed by atoms with Gasteiger partial charge < -0.3 is 33.8 Å². The summed E-state index contributed by atoms with van der Waals surface area (Å²) in [5.74, 6) is 0.883. The molecule has 95 heavy (non-hydrogen) atoms. The van der Waals surface area contributed by atoms with Crippen LogP contribution in [-0.4, -0.2) is 96.7 Å². The predicted molar refractivity (Wildman–Crippen MR) is 386 cm³/mol. The van der Waals surface area contributed by atoms with Gasteiger partial charge in [0.25, 0.3) is 0 Å². The van der Waals surface area contributed by atoms with Gasteiger partial charge in [-0.3, -0.25) is 37.3 Å². The molecule has 0 aliphatic carbocycles. The minimum Gasteiger partial charge on any atom is -0.462 e. The SMILES string of the molecule is CCC(C)CCCCCCCCC(=O)O[C@H](COC(=O)CCCCCCCCC(C)C)COP(=O)(O)OC[C@H](O)COP(=O)(O)OC[C@@H](COC(=O)CCCCCCCCCCCCCCCCCC(C)C)OC(=O)CCCCCCCCCCCCCCCCCC(C)C. The number of carbonyl (C=O) groups is 4. The van der Waals surface area contributed by atoms with Crippen LogP contribution in [0.5, 0.6) is 0 Å². The van der Waals surface area contributed by atoms with Crippen molar-refractivity contribution in [2.75, 3.05) is 39.6 Å². The summed E-state index contributed by atoms with van der Waals surface area (Å²) in [5, 5.41) is 10.6. The van der Waals surface area contributed by atoms with Crippen molar-refractivity contribution in [2.45, 2.75) is 401 Å². The lowest BCUT2D eigenvalue weighted by molar-refractivity contribution is -0.161. The molecule has 0 aliphatic heterocycles. The quantitative estimate of drug-likeness (QED) is 0.0222. The zero-order valence-electron chi connectivity index (χ0n) is 62.3. The van der Waals surface area contributed by atoms with E-state index in [9.17, 15) is 43.2 Å². The first-order chi connectivity index (χ1) is 45.6. The third-order valence-corrected chi connectivity index (χ3v) is 19.8. The van der Waals surface area contributed by atoms with E-state index in [4.69, 9.17) is 37.0 Å². The van der Waals surface area contributed by atoms with Gasteiger partial charge in [0.1, 0.15) is 19.3 Å². The topological polar surface area (TPSA) is 237 Å². The normalized spacial score (nSPS) is 14.4. The van der Waals surface area contributed by atoms with Gasteiger partial charge in [-0.05, 0) is 49.4 Å². The molecule has 3 unspecified atom stereocenters. The van der Waals surface area contributed by atoms with Crippen LogP contribution in [0.15, 0.2) is 0 Å². The van der Waals surface area contributed by atoms with E-state index < -0.39 is 97.5 Å². The van der Waals surface area contributed by atoms with E-state index in [-0.39, 0.29) is 25.7 Å². The van der Waals surface area contributed by atoms with E-state index in [0.717, 1.165) is 114 Å². The standard InChI is InChI=1S/C76H148O17P2/c1-9-69(8)55-47-39-33-35-43-51-59-76(81)93-72(63-87-74(79)57-49-41-34-32-38-46-54-68(6)7)65-91-95(84,85)89-61-70(77)60-88-94(82,83)90-64-71(92-75(80)58-50-42-31-27-23-19-15-11-13-17-21-25-29-37-45-53-67(4)5)62-86-73(78)56-48-40-30-26-22-18-14-10-12-16-20-24-28-36-44-52-66(2)3/h66-72,77H,9-65H2,1-8H3,(H,82,83)(H,84,85)/t69?,70-,71-,72-/m1/s1. The largest absolute Gasteiger partial charge is 0.472 e. The number of phosphoric acid groups is 2. The molecule has 0 radical (unpaired) electrons. The molecule has 564 valence electrons. The van der Waals surface area contributed by atoms with Gasteiger partial charge in [0, 0.05) is 25.7 Å². The van der Waals surface area contributed by atoms with Crippen LogP contribution in [0.1, 0.15) is 383 Å².